The molecule has 0 spiro atoms. The summed E-state index contributed by atoms with van der Waals surface area (Å²) in [4.78, 5) is 15.7. The second-order valence-corrected chi connectivity index (χ2v) is 8.01. The topological polar surface area (TPSA) is 105 Å². The molecule has 2 heterocycles. The molecule has 1 aliphatic heterocycles. The highest BCUT2D eigenvalue weighted by atomic mass is 32.2. The number of hydrogen-bond acceptors (Lipinski definition) is 6. The Kier molecular flexibility index (Phi) is 4.46. The van der Waals surface area contributed by atoms with Crippen molar-refractivity contribution < 1.29 is 13.2 Å². The molecule has 19 heavy (non-hydrogen) atoms. The van der Waals surface area contributed by atoms with E-state index in [0.29, 0.717) is 12.2 Å². The summed E-state index contributed by atoms with van der Waals surface area (Å²) in [5.41, 5.74) is 0. The number of carbonyl (C=O) groups is 1. The van der Waals surface area contributed by atoms with Crippen LogP contribution in [0.1, 0.15) is 25.2 Å². The lowest BCUT2D eigenvalue weighted by Gasteiger charge is -2.12. The van der Waals surface area contributed by atoms with E-state index < -0.39 is 9.84 Å². The second kappa shape index (κ2) is 5.91. The van der Waals surface area contributed by atoms with E-state index in [0.717, 1.165) is 0 Å². The maximum Gasteiger partial charge on any atom is 0.230 e. The first-order valence-corrected chi connectivity index (χ1v) is 8.80. The molecular weight excluding hydrogens is 288 g/mol. The largest absolute Gasteiger partial charge is 0.346 e. The Bertz CT molecular complexity index is 529. The maximum atomic E-state index is 11.7. The predicted octanol–water partition coefficient (Wildman–Crippen LogP) is -0.0978. The molecule has 2 atom stereocenters. The van der Waals surface area contributed by atoms with E-state index in [1.54, 1.807) is 0 Å². The van der Waals surface area contributed by atoms with E-state index in [-0.39, 0.29) is 34.5 Å². The monoisotopic (exact) mass is 304 g/mol. The number of sulfone groups is 1. The Labute approximate surface area is 115 Å². The molecule has 1 saturated heterocycles. The third-order valence-electron chi connectivity index (χ3n) is 2.86. The number of nitrogens with zero attached hydrogens (tertiary/aromatic N) is 2. The van der Waals surface area contributed by atoms with Gasteiger partial charge in [0.25, 0.3) is 0 Å². The van der Waals surface area contributed by atoms with Crippen LogP contribution in [0.5, 0.6) is 0 Å². The van der Waals surface area contributed by atoms with Crippen LogP contribution < -0.4 is 5.32 Å². The predicted molar refractivity (Wildman–Crippen MR) is 72.5 cm³/mol. The zero-order valence-corrected chi connectivity index (χ0v) is 12.1. The van der Waals surface area contributed by atoms with Crippen LogP contribution in [0.3, 0.4) is 0 Å². The Morgan fingerprint density at radius 3 is 3.05 bits per heavy atom. The molecule has 0 aliphatic carbocycles. The van der Waals surface area contributed by atoms with Crippen LogP contribution in [0, 0.1) is 0 Å². The molecule has 2 N–H and O–H groups in total. The lowest BCUT2D eigenvalue weighted by atomic mass is 10.3. The minimum Gasteiger partial charge on any atom is -0.346 e. The molecule has 7 nitrogen and oxygen atoms in total. The summed E-state index contributed by atoms with van der Waals surface area (Å²) in [7, 11) is -2.88. The van der Waals surface area contributed by atoms with E-state index in [4.69, 9.17) is 0 Å². The molecule has 2 unspecified atom stereocenters. The third-order valence-corrected chi connectivity index (χ3v) is 6.14. The highest BCUT2D eigenvalue weighted by molar-refractivity contribution is 8.02. The van der Waals surface area contributed by atoms with Crippen LogP contribution in [0.4, 0.5) is 0 Å². The van der Waals surface area contributed by atoms with Crippen LogP contribution in [0.2, 0.25) is 0 Å². The smallest absolute Gasteiger partial charge is 0.230 e. The van der Waals surface area contributed by atoms with Gasteiger partial charge in [-0.05, 0) is 13.3 Å². The van der Waals surface area contributed by atoms with Gasteiger partial charge in [-0.25, -0.2) is 13.4 Å². The fraction of sp³-hybridized carbons (Fsp3) is 0.700. The minimum atomic E-state index is -2.88. The number of amides is 1. The van der Waals surface area contributed by atoms with Crippen molar-refractivity contribution in [2.24, 2.45) is 0 Å². The molecule has 0 bridgehead atoms. The van der Waals surface area contributed by atoms with Crippen LogP contribution >= 0.6 is 11.8 Å². The summed E-state index contributed by atoms with van der Waals surface area (Å²) >= 11 is 1.40. The molecule has 1 amide bonds. The van der Waals surface area contributed by atoms with Gasteiger partial charge >= 0.3 is 0 Å². The molecule has 0 saturated carbocycles. The van der Waals surface area contributed by atoms with Crippen LogP contribution in [0.25, 0.3) is 0 Å². The number of hydrogen-bond donors (Lipinski definition) is 2. The molecule has 9 heteroatoms. The standard InChI is InChI=1S/C10H16N4O3S2/c1-7(10-11-6-12-14-10)13-9(15)4-18-8-2-3-19(16,17)5-8/h6-8H,2-5H2,1H3,(H,13,15)(H,11,12,14). The van der Waals surface area contributed by atoms with Crippen LogP contribution in [-0.2, 0) is 14.6 Å². The van der Waals surface area contributed by atoms with Crippen molar-refractivity contribution in [2.75, 3.05) is 17.3 Å². The van der Waals surface area contributed by atoms with Gasteiger partial charge in [-0.2, -0.15) is 5.10 Å². The average molecular weight is 304 g/mol. The molecule has 0 radical (unpaired) electrons. The van der Waals surface area contributed by atoms with E-state index in [2.05, 4.69) is 20.5 Å². The SMILES string of the molecule is CC(NC(=O)CSC1CCS(=O)(=O)C1)c1ncn[nH]1. The van der Waals surface area contributed by atoms with Gasteiger partial charge in [-0.15, -0.1) is 11.8 Å². The van der Waals surface area contributed by atoms with Crippen molar-refractivity contribution in [1.82, 2.24) is 20.5 Å². The van der Waals surface area contributed by atoms with Gasteiger partial charge in [-0.3, -0.25) is 9.89 Å². The Hall–Kier alpha value is -1.09. The summed E-state index contributed by atoms with van der Waals surface area (Å²) in [5.74, 6) is 1.15. The van der Waals surface area contributed by atoms with Gasteiger partial charge in [0.1, 0.15) is 12.2 Å². The summed E-state index contributed by atoms with van der Waals surface area (Å²) in [6.45, 7) is 1.81. The fourth-order valence-corrected chi connectivity index (χ4v) is 5.32. The Balaban J connectivity index is 1.73. The Morgan fingerprint density at radius 1 is 1.68 bits per heavy atom. The Morgan fingerprint density at radius 2 is 2.47 bits per heavy atom. The molecule has 106 valence electrons. The van der Waals surface area contributed by atoms with Crippen molar-refractivity contribution in [3.05, 3.63) is 12.2 Å². The first kappa shape index (κ1) is 14.3. The van der Waals surface area contributed by atoms with Gasteiger partial charge in [-0.1, -0.05) is 0 Å². The fourth-order valence-electron chi connectivity index (χ4n) is 1.86. The summed E-state index contributed by atoms with van der Waals surface area (Å²) in [6, 6.07) is -0.233. The summed E-state index contributed by atoms with van der Waals surface area (Å²) in [5, 5.41) is 9.23. The van der Waals surface area contributed by atoms with Crippen molar-refractivity contribution in [3.8, 4) is 0 Å². The lowest BCUT2D eigenvalue weighted by molar-refractivity contribution is -0.119. The molecule has 1 fully saturated rings. The van der Waals surface area contributed by atoms with Gasteiger partial charge in [0.15, 0.2) is 9.84 Å². The highest BCUT2D eigenvalue weighted by Crippen LogP contribution is 2.24. The number of rotatable bonds is 5. The van der Waals surface area contributed by atoms with Gasteiger partial charge in [0.2, 0.25) is 5.91 Å². The van der Waals surface area contributed by atoms with Crippen molar-refractivity contribution >= 4 is 27.5 Å². The number of aromatic nitrogens is 3. The van der Waals surface area contributed by atoms with E-state index in [9.17, 15) is 13.2 Å². The highest BCUT2D eigenvalue weighted by Gasteiger charge is 2.28. The average Bonchev–Trinajstić information content (AvgIpc) is 2.95. The first-order chi connectivity index (χ1) is 8.96. The molecule has 1 aliphatic rings. The van der Waals surface area contributed by atoms with E-state index in [1.807, 2.05) is 6.92 Å². The summed E-state index contributed by atoms with van der Waals surface area (Å²) in [6.07, 6.45) is 2.02. The number of carbonyl (C=O) groups excluding carboxylic acids is 1. The van der Waals surface area contributed by atoms with Gasteiger partial charge in [0, 0.05) is 5.25 Å². The molecular formula is C10H16N4O3S2. The zero-order chi connectivity index (χ0) is 13.9. The molecule has 1 aromatic rings. The normalized spacial score (nSPS) is 23.1. The number of H-pyrrole nitrogens is 1. The van der Waals surface area contributed by atoms with Crippen LogP contribution in [0.15, 0.2) is 6.33 Å². The third kappa shape index (κ3) is 4.20. The van der Waals surface area contributed by atoms with Gasteiger partial charge < -0.3 is 5.32 Å². The van der Waals surface area contributed by atoms with Crippen molar-refractivity contribution in [3.63, 3.8) is 0 Å². The first-order valence-electron chi connectivity index (χ1n) is 5.93. The number of nitrogens with one attached hydrogen (secondary N) is 2. The zero-order valence-electron chi connectivity index (χ0n) is 10.5. The minimum absolute atomic E-state index is 0.0383. The second-order valence-electron chi connectivity index (χ2n) is 4.50. The lowest BCUT2D eigenvalue weighted by Crippen LogP contribution is -2.29. The number of aromatic amines is 1. The van der Waals surface area contributed by atoms with Gasteiger partial charge in [0.05, 0.1) is 23.3 Å². The molecule has 1 aromatic heterocycles. The van der Waals surface area contributed by atoms with E-state index >= 15 is 0 Å². The van der Waals surface area contributed by atoms with Crippen molar-refractivity contribution in [1.29, 1.82) is 0 Å². The summed E-state index contributed by atoms with van der Waals surface area (Å²) < 4.78 is 22.6. The van der Waals surface area contributed by atoms with Crippen LogP contribution in [-0.4, -0.2) is 52.0 Å². The number of thioether (sulfide) groups is 1. The van der Waals surface area contributed by atoms with E-state index in [1.165, 1.54) is 18.1 Å². The molecule has 0 aromatic carbocycles. The van der Waals surface area contributed by atoms with Crippen molar-refractivity contribution in [2.45, 2.75) is 24.6 Å². The maximum absolute atomic E-state index is 11.7. The quantitative estimate of drug-likeness (QED) is 0.787. The molecule has 2 rings (SSSR count).